The molecule has 2 atom stereocenters. The van der Waals surface area contributed by atoms with Gasteiger partial charge in [0.1, 0.15) is 6.04 Å². The van der Waals surface area contributed by atoms with Gasteiger partial charge in [0, 0.05) is 24.6 Å². The van der Waals surface area contributed by atoms with Crippen molar-refractivity contribution < 1.29 is 19.5 Å². The highest BCUT2D eigenvalue weighted by Crippen LogP contribution is 2.26. The Kier molecular flexibility index (Phi) is 4.46. The molecule has 19 heavy (non-hydrogen) atoms. The van der Waals surface area contributed by atoms with E-state index in [0.717, 1.165) is 12.2 Å². The molecule has 0 aromatic carbocycles. The third kappa shape index (κ3) is 2.76. The lowest BCUT2D eigenvalue weighted by atomic mass is 10.1. The molecule has 2 aliphatic rings. The van der Waals surface area contributed by atoms with E-state index < -0.39 is 18.1 Å². The van der Waals surface area contributed by atoms with Gasteiger partial charge in [-0.2, -0.15) is 11.8 Å². The summed E-state index contributed by atoms with van der Waals surface area (Å²) in [6.45, 7) is 2.88. The third-order valence-electron chi connectivity index (χ3n) is 3.52. The molecular weight excluding hydrogens is 268 g/mol. The van der Waals surface area contributed by atoms with Gasteiger partial charge in [0.25, 0.3) is 0 Å². The maximum atomic E-state index is 12.2. The second-order valence-corrected chi connectivity index (χ2v) is 5.92. The molecule has 2 amide bonds. The molecule has 2 heterocycles. The summed E-state index contributed by atoms with van der Waals surface area (Å²) in [4.78, 5) is 38.3. The SMILES string of the molecule is CCCN1C(=O)CC(N2CCSCC2C(=O)O)C1=O. The number of hydrogen-bond donors (Lipinski definition) is 1. The molecule has 0 aromatic rings. The second kappa shape index (κ2) is 5.92. The van der Waals surface area contributed by atoms with Crippen molar-refractivity contribution in [2.24, 2.45) is 0 Å². The molecule has 1 N–H and O–H groups in total. The van der Waals surface area contributed by atoms with Crippen LogP contribution in [0.3, 0.4) is 0 Å². The summed E-state index contributed by atoms with van der Waals surface area (Å²) in [5, 5.41) is 9.23. The van der Waals surface area contributed by atoms with Gasteiger partial charge in [-0.05, 0) is 6.42 Å². The predicted molar refractivity (Wildman–Crippen MR) is 70.9 cm³/mol. The number of aliphatic carboxylic acids is 1. The Morgan fingerprint density at radius 2 is 2.21 bits per heavy atom. The summed E-state index contributed by atoms with van der Waals surface area (Å²) in [6, 6.07) is -1.25. The Bertz CT molecular complexity index is 401. The van der Waals surface area contributed by atoms with Gasteiger partial charge < -0.3 is 5.11 Å². The van der Waals surface area contributed by atoms with Crippen molar-refractivity contribution >= 4 is 29.5 Å². The first-order valence-electron chi connectivity index (χ1n) is 6.46. The minimum absolute atomic E-state index is 0.118. The fourth-order valence-electron chi connectivity index (χ4n) is 2.59. The molecule has 2 rings (SSSR count). The Labute approximate surface area is 116 Å². The summed E-state index contributed by atoms with van der Waals surface area (Å²) in [5.41, 5.74) is 0. The molecule has 0 radical (unpaired) electrons. The van der Waals surface area contributed by atoms with E-state index in [2.05, 4.69) is 0 Å². The number of likely N-dealkylation sites (tertiary alicyclic amines) is 1. The number of imide groups is 1. The molecule has 106 valence electrons. The van der Waals surface area contributed by atoms with Crippen molar-refractivity contribution in [2.45, 2.75) is 31.8 Å². The zero-order chi connectivity index (χ0) is 14.0. The predicted octanol–water partition coefficient (Wildman–Crippen LogP) is 0.0259. The van der Waals surface area contributed by atoms with Crippen LogP contribution in [0.2, 0.25) is 0 Å². The normalized spacial score (nSPS) is 29.0. The van der Waals surface area contributed by atoms with Crippen LogP contribution in [0, 0.1) is 0 Å². The molecule has 0 bridgehead atoms. The van der Waals surface area contributed by atoms with Crippen molar-refractivity contribution in [1.29, 1.82) is 0 Å². The number of rotatable bonds is 4. The summed E-state index contributed by atoms with van der Waals surface area (Å²) < 4.78 is 0. The standard InChI is InChI=1S/C12H18N2O4S/c1-2-3-14-10(15)6-8(11(14)16)13-4-5-19-7-9(13)12(17)18/h8-9H,2-7H2,1H3,(H,17,18). The monoisotopic (exact) mass is 286 g/mol. The zero-order valence-electron chi connectivity index (χ0n) is 10.9. The van der Waals surface area contributed by atoms with Crippen LogP contribution in [-0.4, -0.2) is 69.4 Å². The summed E-state index contributed by atoms with van der Waals surface area (Å²) in [7, 11) is 0. The van der Waals surface area contributed by atoms with Gasteiger partial charge in [0.2, 0.25) is 11.8 Å². The van der Waals surface area contributed by atoms with E-state index in [-0.39, 0.29) is 18.2 Å². The Morgan fingerprint density at radius 1 is 1.47 bits per heavy atom. The van der Waals surface area contributed by atoms with Crippen LogP contribution in [0.4, 0.5) is 0 Å². The van der Waals surface area contributed by atoms with Crippen LogP contribution in [0.15, 0.2) is 0 Å². The summed E-state index contributed by atoms with van der Waals surface area (Å²) in [5.74, 6) is -0.0537. The highest BCUT2D eigenvalue weighted by molar-refractivity contribution is 7.99. The molecule has 0 aliphatic carbocycles. The highest BCUT2D eigenvalue weighted by atomic mass is 32.2. The van der Waals surface area contributed by atoms with Crippen LogP contribution in [-0.2, 0) is 14.4 Å². The van der Waals surface area contributed by atoms with Gasteiger partial charge in [-0.3, -0.25) is 24.2 Å². The van der Waals surface area contributed by atoms with Crippen molar-refractivity contribution in [1.82, 2.24) is 9.80 Å². The Balaban J connectivity index is 2.14. The molecule has 2 fully saturated rings. The van der Waals surface area contributed by atoms with Gasteiger partial charge in [-0.1, -0.05) is 6.92 Å². The van der Waals surface area contributed by atoms with Crippen molar-refractivity contribution in [3.63, 3.8) is 0 Å². The maximum absolute atomic E-state index is 12.2. The molecule has 6 nitrogen and oxygen atoms in total. The molecule has 2 saturated heterocycles. The van der Waals surface area contributed by atoms with E-state index in [1.165, 1.54) is 4.90 Å². The number of carboxylic acids is 1. The lowest BCUT2D eigenvalue weighted by Crippen LogP contribution is -2.54. The molecule has 0 spiro atoms. The topological polar surface area (TPSA) is 77.9 Å². The van der Waals surface area contributed by atoms with Crippen molar-refractivity contribution in [2.75, 3.05) is 24.6 Å². The number of nitrogens with zero attached hydrogens (tertiary/aromatic N) is 2. The number of carbonyl (C=O) groups excluding carboxylic acids is 2. The fraction of sp³-hybridized carbons (Fsp3) is 0.750. The van der Waals surface area contributed by atoms with Crippen molar-refractivity contribution in [3.8, 4) is 0 Å². The molecule has 2 aliphatic heterocycles. The maximum Gasteiger partial charge on any atom is 0.321 e. The van der Waals surface area contributed by atoms with Gasteiger partial charge in [-0.15, -0.1) is 0 Å². The molecule has 0 aromatic heterocycles. The average Bonchev–Trinajstić information content (AvgIpc) is 2.67. The average molecular weight is 286 g/mol. The minimum Gasteiger partial charge on any atom is -0.480 e. The van der Waals surface area contributed by atoms with Gasteiger partial charge in [0.15, 0.2) is 0 Å². The largest absolute Gasteiger partial charge is 0.480 e. The van der Waals surface area contributed by atoms with Crippen LogP contribution >= 0.6 is 11.8 Å². The Hall–Kier alpha value is -1.08. The lowest BCUT2D eigenvalue weighted by Gasteiger charge is -2.35. The Morgan fingerprint density at radius 3 is 2.84 bits per heavy atom. The summed E-state index contributed by atoms with van der Waals surface area (Å²) >= 11 is 1.57. The van der Waals surface area contributed by atoms with Crippen LogP contribution < -0.4 is 0 Å². The first kappa shape index (κ1) is 14.3. The van der Waals surface area contributed by atoms with Gasteiger partial charge in [0.05, 0.1) is 12.5 Å². The molecule has 0 saturated carbocycles. The number of thioether (sulfide) groups is 1. The van der Waals surface area contributed by atoms with E-state index in [1.807, 2.05) is 6.92 Å². The minimum atomic E-state index is -0.915. The van der Waals surface area contributed by atoms with E-state index in [4.69, 9.17) is 0 Å². The summed E-state index contributed by atoms with van der Waals surface area (Å²) in [6.07, 6.45) is 0.843. The van der Waals surface area contributed by atoms with Crippen LogP contribution in [0.25, 0.3) is 0 Å². The van der Waals surface area contributed by atoms with E-state index >= 15 is 0 Å². The highest BCUT2D eigenvalue weighted by Gasteiger charge is 2.45. The van der Waals surface area contributed by atoms with Crippen LogP contribution in [0.1, 0.15) is 19.8 Å². The molecular formula is C12H18N2O4S. The fourth-order valence-corrected chi connectivity index (χ4v) is 3.65. The first-order chi connectivity index (χ1) is 9.06. The number of hydrogen-bond acceptors (Lipinski definition) is 5. The van der Waals surface area contributed by atoms with Gasteiger partial charge in [-0.25, -0.2) is 0 Å². The smallest absolute Gasteiger partial charge is 0.321 e. The van der Waals surface area contributed by atoms with E-state index in [0.29, 0.717) is 18.8 Å². The number of carbonyl (C=O) groups is 3. The van der Waals surface area contributed by atoms with Crippen LogP contribution in [0.5, 0.6) is 0 Å². The van der Waals surface area contributed by atoms with Crippen molar-refractivity contribution in [3.05, 3.63) is 0 Å². The van der Waals surface area contributed by atoms with E-state index in [1.54, 1.807) is 16.7 Å². The first-order valence-corrected chi connectivity index (χ1v) is 7.62. The quantitative estimate of drug-likeness (QED) is 0.734. The molecule has 2 unspecified atom stereocenters. The lowest BCUT2D eigenvalue weighted by molar-refractivity contribution is -0.145. The third-order valence-corrected chi connectivity index (χ3v) is 4.55. The van der Waals surface area contributed by atoms with Gasteiger partial charge >= 0.3 is 5.97 Å². The van der Waals surface area contributed by atoms with E-state index in [9.17, 15) is 19.5 Å². The number of carboxylic acid groups (broad SMARTS) is 1. The molecule has 7 heteroatoms. The zero-order valence-corrected chi connectivity index (χ0v) is 11.7. The second-order valence-electron chi connectivity index (χ2n) is 4.77. The number of amides is 2.